The van der Waals surface area contributed by atoms with E-state index in [0.29, 0.717) is 0 Å². The highest BCUT2D eigenvalue weighted by molar-refractivity contribution is 14.1. The van der Waals surface area contributed by atoms with Crippen LogP contribution in [0.15, 0.2) is 44.8 Å². The quantitative estimate of drug-likeness (QED) is 0.473. The van der Waals surface area contributed by atoms with Crippen LogP contribution in [0.5, 0.6) is 0 Å². The second-order valence-corrected chi connectivity index (χ2v) is 10.1. The zero-order chi connectivity index (χ0) is 13.1. The minimum absolute atomic E-state index is 0.0250. The minimum Gasteiger partial charge on any atom is -0.313 e. The molecule has 2 bridgehead atoms. The molecule has 0 aromatic heterocycles. The summed E-state index contributed by atoms with van der Waals surface area (Å²) in [5.74, 6) is 0. The Bertz CT molecular complexity index is 642. The van der Waals surface area contributed by atoms with Gasteiger partial charge in [0, 0.05) is 16.9 Å². The van der Waals surface area contributed by atoms with Crippen LogP contribution in [-0.2, 0) is 4.57 Å². The third-order valence-electron chi connectivity index (χ3n) is 4.58. The van der Waals surface area contributed by atoms with Crippen LogP contribution in [0.1, 0.15) is 26.3 Å². The maximum Gasteiger partial charge on any atom is 0.150 e. The predicted octanol–water partition coefficient (Wildman–Crippen LogP) is 5.48. The van der Waals surface area contributed by atoms with Crippen molar-refractivity contribution in [2.24, 2.45) is 5.41 Å². The molecule has 3 rings (SSSR count). The summed E-state index contributed by atoms with van der Waals surface area (Å²) in [5.41, 5.74) is 3.80. The summed E-state index contributed by atoms with van der Waals surface area (Å²) in [6.07, 6.45) is 0.806. The molecule has 2 atom stereocenters. The predicted molar refractivity (Wildman–Crippen MR) is 86.3 cm³/mol. The highest BCUT2D eigenvalue weighted by atomic mass is 127. The molecular weight excluding hydrogens is 354 g/mol. The van der Waals surface area contributed by atoms with E-state index in [9.17, 15) is 4.57 Å². The highest BCUT2D eigenvalue weighted by Crippen LogP contribution is 2.82. The van der Waals surface area contributed by atoms with Gasteiger partial charge in [-0.3, -0.25) is 0 Å². The second-order valence-electron chi connectivity index (χ2n) is 5.49. The number of fused-ring (bicyclic) bond motifs is 2. The molecule has 2 aliphatic rings. The van der Waals surface area contributed by atoms with Crippen molar-refractivity contribution in [3.8, 4) is 0 Å². The standard InChI is InChI=1S/C15H16IOP/c1-10-13(12-7-5-4-6-8-12)18(17)9-15(10,3)11(2)14(18)16/h4-8H,9H2,1-3H3. The first-order chi connectivity index (χ1) is 8.41. The summed E-state index contributed by atoms with van der Waals surface area (Å²) < 4.78 is 14.5. The molecule has 0 amide bonds. The molecule has 0 fully saturated rings. The number of halogens is 1. The maximum atomic E-state index is 13.4. The van der Waals surface area contributed by atoms with Gasteiger partial charge in [0.05, 0.1) is 3.32 Å². The molecule has 94 valence electrons. The van der Waals surface area contributed by atoms with Crippen molar-refractivity contribution in [3.05, 3.63) is 50.4 Å². The Labute approximate surface area is 122 Å². The molecule has 0 aliphatic carbocycles. The van der Waals surface area contributed by atoms with Crippen LogP contribution >= 0.6 is 29.7 Å². The van der Waals surface area contributed by atoms with Crippen molar-refractivity contribution in [1.82, 2.24) is 0 Å². The first-order valence-electron chi connectivity index (χ1n) is 6.15. The molecule has 0 N–H and O–H groups in total. The van der Waals surface area contributed by atoms with E-state index in [2.05, 4.69) is 55.5 Å². The number of rotatable bonds is 1. The SMILES string of the molecule is CC1=C(I)P2(=O)CC1(C)C(C)=C2c1ccccc1. The van der Waals surface area contributed by atoms with Crippen molar-refractivity contribution in [2.75, 3.05) is 6.16 Å². The Kier molecular flexibility index (Phi) is 2.70. The molecule has 0 spiro atoms. The van der Waals surface area contributed by atoms with E-state index in [1.807, 2.05) is 18.2 Å². The van der Waals surface area contributed by atoms with Crippen LogP contribution in [0.2, 0.25) is 0 Å². The van der Waals surface area contributed by atoms with Crippen molar-refractivity contribution in [2.45, 2.75) is 20.8 Å². The van der Waals surface area contributed by atoms with E-state index in [4.69, 9.17) is 0 Å². The zero-order valence-corrected chi connectivity index (χ0v) is 13.9. The molecule has 1 aromatic carbocycles. The van der Waals surface area contributed by atoms with Crippen molar-refractivity contribution >= 4 is 35.0 Å². The summed E-state index contributed by atoms with van der Waals surface area (Å²) >= 11 is 2.31. The van der Waals surface area contributed by atoms with Crippen LogP contribution in [0.4, 0.5) is 0 Å². The lowest BCUT2D eigenvalue weighted by molar-refractivity contribution is 0.552. The summed E-state index contributed by atoms with van der Waals surface area (Å²) in [5, 5.41) is 1.13. The van der Waals surface area contributed by atoms with Crippen molar-refractivity contribution in [1.29, 1.82) is 0 Å². The van der Waals surface area contributed by atoms with Gasteiger partial charge in [-0.2, -0.15) is 0 Å². The fraction of sp³-hybridized carbons (Fsp3) is 0.333. The summed E-state index contributed by atoms with van der Waals surface area (Å²) in [6.45, 7) is 6.55. The van der Waals surface area contributed by atoms with Crippen molar-refractivity contribution in [3.63, 3.8) is 0 Å². The number of hydrogen-bond acceptors (Lipinski definition) is 1. The lowest BCUT2D eigenvalue weighted by Gasteiger charge is -2.26. The molecule has 18 heavy (non-hydrogen) atoms. The van der Waals surface area contributed by atoms with Crippen LogP contribution in [0.3, 0.4) is 0 Å². The van der Waals surface area contributed by atoms with E-state index in [1.165, 1.54) is 11.1 Å². The maximum absolute atomic E-state index is 13.4. The van der Waals surface area contributed by atoms with Crippen LogP contribution in [-0.4, -0.2) is 6.16 Å². The first kappa shape index (κ1) is 12.7. The topological polar surface area (TPSA) is 17.1 Å². The van der Waals surface area contributed by atoms with E-state index >= 15 is 0 Å². The molecular formula is C15H16IOP. The van der Waals surface area contributed by atoms with Gasteiger partial charge in [0.15, 0.2) is 7.14 Å². The van der Waals surface area contributed by atoms with E-state index < -0.39 is 7.14 Å². The highest BCUT2D eigenvalue weighted by Gasteiger charge is 2.56. The first-order valence-corrected chi connectivity index (χ1v) is 9.12. The smallest absolute Gasteiger partial charge is 0.150 e. The Hall–Kier alpha value is -0.340. The lowest BCUT2D eigenvalue weighted by Crippen LogP contribution is -2.17. The van der Waals surface area contributed by atoms with Crippen LogP contribution in [0.25, 0.3) is 5.31 Å². The van der Waals surface area contributed by atoms with Gasteiger partial charge in [-0.25, -0.2) is 0 Å². The van der Waals surface area contributed by atoms with Gasteiger partial charge in [-0.1, -0.05) is 42.8 Å². The fourth-order valence-electron chi connectivity index (χ4n) is 3.26. The Morgan fingerprint density at radius 1 is 1.17 bits per heavy atom. The molecule has 0 saturated heterocycles. The van der Waals surface area contributed by atoms with Gasteiger partial charge in [0.25, 0.3) is 0 Å². The molecule has 1 nitrogen and oxygen atoms in total. The normalized spacial score (nSPS) is 34.7. The fourth-order valence-corrected chi connectivity index (χ4v) is 9.09. The van der Waals surface area contributed by atoms with Gasteiger partial charge in [-0.15, -0.1) is 0 Å². The van der Waals surface area contributed by atoms with Gasteiger partial charge in [0.1, 0.15) is 0 Å². The van der Waals surface area contributed by atoms with E-state index in [-0.39, 0.29) is 5.41 Å². The van der Waals surface area contributed by atoms with E-state index in [1.54, 1.807) is 0 Å². The number of hydrogen-bond donors (Lipinski definition) is 0. The Morgan fingerprint density at radius 2 is 1.78 bits per heavy atom. The molecule has 0 saturated carbocycles. The molecule has 3 heteroatoms. The number of allylic oxidation sites excluding steroid dienone is 2. The molecule has 0 radical (unpaired) electrons. The Balaban J connectivity index is 2.29. The monoisotopic (exact) mass is 370 g/mol. The van der Waals surface area contributed by atoms with Crippen LogP contribution < -0.4 is 0 Å². The van der Waals surface area contributed by atoms with Crippen LogP contribution in [0, 0.1) is 5.41 Å². The second kappa shape index (κ2) is 3.83. The van der Waals surface area contributed by atoms with Crippen molar-refractivity contribution < 1.29 is 4.57 Å². The molecule has 2 heterocycles. The number of benzene rings is 1. The summed E-state index contributed by atoms with van der Waals surface area (Å²) in [4.78, 5) is 0. The minimum atomic E-state index is -2.33. The third kappa shape index (κ3) is 1.36. The Morgan fingerprint density at radius 3 is 2.33 bits per heavy atom. The summed E-state index contributed by atoms with van der Waals surface area (Å²) in [7, 11) is -2.33. The summed E-state index contributed by atoms with van der Waals surface area (Å²) in [6, 6.07) is 10.2. The molecule has 2 aliphatic heterocycles. The van der Waals surface area contributed by atoms with Gasteiger partial charge in [0.2, 0.25) is 0 Å². The zero-order valence-electron chi connectivity index (χ0n) is 10.8. The average molecular weight is 370 g/mol. The van der Waals surface area contributed by atoms with E-state index in [0.717, 1.165) is 20.4 Å². The molecule has 2 unspecified atom stereocenters. The molecule has 1 aromatic rings. The lowest BCUT2D eigenvalue weighted by atomic mass is 9.78. The largest absolute Gasteiger partial charge is 0.313 e. The van der Waals surface area contributed by atoms with Gasteiger partial charge >= 0.3 is 0 Å². The van der Waals surface area contributed by atoms with Gasteiger partial charge in [-0.05, 0) is 47.6 Å². The van der Waals surface area contributed by atoms with Gasteiger partial charge < -0.3 is 4.57 Å². The third-order valence-corrected chi connectivity index (χ3v) is 11.1. The average Bonchev–Trinajstić information content (AvgIpc) is 2.67.